The van der Waals surface area contributed by atoms with E-state index in [9.17, 15) is 5.11 Å². The first-order valence-corrected chi connectivity index (χ1v) is 5.39. The van der Waals surface area contributed by atoms with Gasteiger partial charge in [-0.2, -0.15) is 0 Å². The van der Waals surface area contributed by atoms with E-state index < -0.39 is 0 Å². The normalized spacial score (nSPS) is 9.94. The van der Waals surface area contributed by atoms with Crippen molar-refractivity contribution in [1.29, 1.82) is 0 Å². The molecule has 0 heterocycles. The SMILES string of the molecule is C#CCCCCNCc1ccc(O)cc1O. The number of benzene rings is 1. The second-order valence-corrected chi connectivity index (χ2v) is 3.65. The lowest BCUT2D eigenvalue weighted by molar-refractivity contribution is 0.443. The van der Waals surface area contributed by atoms with Crippen LogP contribution in [0, 0.1) is 12.3 Å². The van der Waals surface area contributed by atoms with E-state index in [1.807, 2.05) is 0 Å². The molecule has 0 aliphatic carbocycles. The Morgan fingerprint density at radius 2 is 2.06 bits per heavy atom. The van der Waals surface area contributed by atoms with E-state index in [0.29, 0.717) is 6.54 Å². The molecule has 0 unspecified atom stereocenters. The van der Waals surface area contributed by atoms with Crippen LogP contribution in [0.5, 0.6) is 11.5 Å². The van der Waals surface area contributed by atoms with Crippen molar-refractivity contribution in [1.82, 2.24) is 5.32 Å². The van der Waals surface area contributed by atoms with Gasteiger partial charge in [-0.25, -0.2) is 0 Å². The highest BCUT2D eigenvalue weighted by molar-refractivity contribution is 5.38. The lowest BCUT2D eigenvalue weighted by Gasteiger charge is -2.06. The molecule has 86 valence electrons. The highest BCUT2D eigenvalue weighted by Crippen LogP contribution is 2.22. The summed E-state index contributed by atoms with van der Waals surface area (Å²) >= 11 is 0. The third kappa shape index (κ3) is 4.24. The summed E-state index contributed by atoms with van der Waals surface area (Å²) in [6, 6.07) is 4.61. The average molecular weight is 219 g/mol. The molecule has 0 fully saturated rings. The zero-order chi connectivity index (χ0) is 11.8. The maximum absolute atomic E-state index is 9.51. The molecule has 0 aliphatic rings. The highest BCUT2D eigenvalue weighted by Gasteiger charge is 2.01. The van der Waals surface area contributed by atoms with Crippen molar-refractivity contribution < 1.29 is 10.2 Å². The zero-order valence-electron chi connectivity index (χ0n) is 9.24. The molecule has 0 spiro atoms. The van der Waals surface area contributed by atoms with E-state index in [-0.39, 0.29) is 11.5 Å². The summed E-state index contributed by atoms with van der Waals surface area (Å²) in [6.07, 6.45) is 8.00. The lowest BCUT2D eigenvalue weighted by atomic mass is 10.2. The van der Waals surface area contributed by atoms with Crippen molar-refractivity contribution in [2.75, 3.05) is 6.54 Å². The van der Waals surface area contributed by atoms with E-state index in [1.165, 1.54) is 6.07 Å². The third-order valence-corrected chi connectivity index (χ3v) is 2.31. The Morgan fingerprint density at radius 3 is 2.75 bits per heavy atom. The van der Waals surface area contributed by atoms with Crippen LogP contribution in [0.25, 0.3) is 0 Å². The van der Waals surface area contributed by atoms with Crippen molar-refractivity contribution in [3.05, 3.63) is 23.8 Å². The van der Waals surface area contributed by atoms with Gasteiger partial charge >= 0.3 is 0 Å². The van der Waals surface area contributed by atoms with Gasteiger partial charge in [0.25, 0.3) is 0 Å². The van der Waals surface area contributed by atoms with Crippen LogP contribution in [0.15, 0.2) is 18.2 Å². The van der Waals surface area contributed by atoms with Crippen molar-refractivity contribution in [2.45, 2.75) is 25.8 Å². The number of aromatic hydroxyl groups is 2. The minimum absolute atomic E-state index is 0.0790. The monoisotopic (exact) mass is 219 g/mol. The molecule has 0 radical (unpaired) electrons. The van der Waals surface area contributed by atoms with Crippen LogP contribution >= 0.6 is 0 Å². The maximum Gasteiger partial charge on any atom is 0.123 e. The second-order valence-electron chi connectivity index (χ2n) is 3.65. The molecule has 0 saturated heterocycles. The average Bonchev–Trinajstić information content (AvgIpc) is 2.26. The molecule has 3 nitrogen and oxygen atoms in total. The largest absolute Gasteiger partial charge is 0.508 e. The van der Waals surface area contributed by atoms with Crippen molar-refractivity contribution in [2.24, 2.45) is 0 Å². The molecule has 1 aromatic carbocycles. The van der Waals surface area contributed by atoms with Crippen LogP contribution < -0.4 is 5.32 Å². The first-order valence-electron chi connectivity index (χ1n) is 5.39. The molecular weight excluding hydrogens is 202 g/mol. The summed E-state index contributed by atoms with van der Waals surface area (Å²) in [5.41, 5.74) is 0.787. The Bertz CT molecular complexity index is 369. The van der Waals surface area contributed by atoms with Gasteiger partial charge in [-0.05, 0) is 25.5 Å². The minimum atomic E-state index is 0.0790. The van der Waals surface area contributed by atoms with Crippen molar-refractivity contribution in [3.8, 4) is 23.8 Å². The van der Waals surface area contributed by atoms with Crippen LogP contribution in [0.3, 0.4) is 0 Å². The Labute approximate surface area is 96.1 Å². The van der Waals surface area contributed by atoms with E-state index in [2.05, 4.69) is 11.2 Å². The molecular formula is C13H17NO2. The van der Waals surface area contributed by atoms with Crippen LogP contribution in [0.2, 0.25) is 0 Å². The fourth-order valence-electron chi connectivity index (χ4n) is 1.40. The van der Waals surface area contributed by atoms with Gasteiger partial charge in [-0.1, -0.05) is 6.07 Å². The fraction of sp³-hybridized carbons (Fsp3) is 0.385. The zero-order valence-corrected chi connectivity index (χ0v) is 9.24. The molecule has 0 bridgehead atoms. The lowest BCUT2D eigenvalue weighted by Crippen LogP contribution is -2.14. The summed E-state index contributed by atoms with van der Waals surface area (Å²) < 4.78 is 0. The number of rotatable bonds is 6. The molecule has 0 aliphatic heterocycles. The first-order chi connectivity index (χ1) is 7.74. The maximum atomic E-state index is 9.51. The van der Waals surface area contributed by atoms with Crippen LogP contribution in [0.1, 0.15) is 24.8 Å². The smallest absolute Gasteiger partial charge is 0.123 e. The van der Waals surface area contributed by atoms with E-state index in [1.54, 1.807) is 12.1 Å². The van der Waals surface area contributed by atoms with Gasteiger partial charge in [-0.3, -0.25) is 0 Å². The predicted molar refractivity (Wildman–Crippen MR) is 64.2 cm³/mol. The van der Waals surface area contributed by atoms with Gasteiger partial charge in [0.2, 0.25) is 0 Å². The summed E-state index contributed by atoms with van der Waals surface area (Å²) in [4.78, 5) is 0. The Kier molecular flexibility index (Phi) is 5.24. The number of hydrogen-bond acceptors (Lipinski definition) is 3. The molecule has 0 atom stereocenters. The number of phenols is 2. The van der Waals surface area contributed by atoms with Gasteiger partial charge in [0.15, 0.2) is 0 Å². The van der Waals surface area contributed by atoms with E-state index in [0.717, 1.165) is 31.4 Å². The van der Waals surface area contributed by atoms with Gasteiger partial charge in [0.05, 0.1) is 0 Å². The Morgan fingerprint density at radius 1 is 1.25 bits per heavy atom. The number of hydrogen-bond donors (Lipinski definition) is 3. The van der Waals surface area contributed by atoms with Crippen LogP contribution in [-0.2, 0) is 6.54 Å². The standard InChI is InChI=1S/C13H17NO2/c1-2-3-4-5-8-14-10-11-6-7-12(15)9-13(11)16/h1,6-7,9,14-16H,3-5,8,10H2. The predicted octanol–water partition coefficient (Wildman–Crippen LogP) is 1.99. The van der Waals surface area contributed by atoms with Gasteiger partial charge in [0.1, 0.15) is 11.5 Å². The quantitative estimate of drug-likeness (QED) is 0.506. The third-order valence-electron chi connectivity index (χ3n) is 2.31. The van der Waals surface area contributed by atoms with Crippen molar-refractivity contribution in [3.63, 3.8) is 0 Å². The Balaban J connectivity index is 2.25. The number of terminal acetylenes is 1. The first kappa shape index (κ1) is 12.4. The molecule has 16 heavy (non-hydrogen) atoms. The van der Waals surface area contributed by atoms with Gasteiger partial charge < -0.3 is 15.5 Å². The minimum Gasteiger partial charge on any atom is -0.508 e. The summed E-state index contributed by atoms with van der Waals surface area (Å²) in [6.45, 7) is 1.48. The highest BCUT2D eigenvalue weighted by atomic mass is 16.3. The van der Waals surface area contributed by atoms with Crippen LogP contribution in [-0.4, -0.2) is 16.8 Å². The van der Waals surface area contributed by atoms with Crippen molar-refractivity contribution >= 4 is 0 Å². The summed E-state index contributed by atoms with van der Waals surface area (Å²) in [7, 11) is 0. The fourth-order valence-corrected chi connectivity index (χ4v) is 1.40. The van der Waals surface area contributed by atoms with E-state index in [4.69, 9.17) is 11.5 Å². The summed E-state index contributed by atoms with van der Waals surface area (Å²) in [5, 5.41) is 21.8. The van der Waals surface area contributed by atoms with E-state index >= 15 is 0 Å². The molecule has 0 aromatic heterocycles. The molecule has 3 N–H and O–H groups in total. The number of nitrogens with one attached hydrogen (secondary N) is 1. The topological polar surface area (TPSA) is 52.5 Å². The van der Waals surface area contributed by atoms with Gasteiger partial charge in [-0.15, -0.1) is 12.3 Å². The molecule has 1 aromatic rings. The molecule has 1 rings (SSSR count). The second kappa shape index (κ2) is 6.76. The number of unbranched alkanes of at least 4 members (excludes halogenated alkanes) is 2. The number of phenolic OH excluding ortho intramolecular Hbond substituents is 2. The summed E-state index contributed by atoms with van der Waals surface area (Å²) in [5.74, 6) is 2.80. The molecule has 0 amide bonds. The van der Waals surface area contributed by atoms with Crippen LogP contribution in [0.4, 0.5) is 0 Å². The molecule has 3 heteroatoms. The molecule has 0 saturated carbocycles. The van der Waals surface area contributed by atoms with Gasteiger partial charge in [0, 0.05) is 24.6 Å². The Hall–Kier alpha value is -1.66.